The fraction of sp³-hybridized carbons (Fsp3) is 0. The van der Waals surface area contributed by atoms with Crippen molar-refractivity contribution < 1.29 is 5.21 Å². The molecule has 13 heavy (non-hydrogen) atoms. The Morgan fingerprint density at radius 3 is 2.77 bits per heavy atom. The molecule has 0 aliphatic rings. The van der Waals surface area contributed by atoms with Crippen molar-refractivity contribution in [2.45, 2.75) is 0 Å². The zero-order valence-electron chi connectivity index (χ0n) is 6.34. The van der Waals surface area contributed by atoms with Gasteiger partial charge in [0.05, 0.1) is 0 Å². The van der Waals surface area contributed by atoms with Gasteiger partial charge in [-0.2, -0.15) is 10.3 Å². The SMILES string of the molecule is On1[nH]nc2cc3nnnc3cc21. The van der Waals surface area contributed by atoms with E-state index in [4.69, 9.17) is 0 Å². The Balaban J connectivity index is 2.59. The van der Waals surface area contributed by atoms with Crippen LogP contribution in [-0.4, -0.2) is 35.8 Å². The van der Waals surface area contributed by atoms with Crippen LogP contribution >= 0.6 is 0 Å². The Kier molecular flexibility index (Phi) is 0.950. The van der Waals surface area contributed by atoms with Crippen molar-refractivity contribution in [2.24, 2.45) is 0 Å². The van der Waals surface area contributed by atoms with Gasteiger partial charge in [-0.25, -0.2) is 0 Å². The molecule has 3 aromatic rings. The van der Waals surface area contributed by atoms with Gasteiger partial charge in [0.2, 0.25) is 0 Å². The van der Waals surface area contributed by atoms with Crippen LogP contribution < -0.4 is 0 Å². The first-order valence-electron chi connectivity index (χ1n) is 3.60. The van der Waals surface area contributed by atoms with Gasteiger partial charge in [0.15, 0.2) is 0 Å². The Morgan fingerprint density at radius 2 is 1.92 bits per heavy atom. The van der Waals surface area contributed by atoms with Gasteiger partial charge >= 0.3 is 0 Å². The van der Waals surface area contributed by atoms with E-state index in [1.165, 1.54) is 0 Å². The molecule has 0 saturated heterocycles. The molecule has 64 valence electrons. The quantitative estimate of drug-likeness (QED) is 0.468. The van der Waals surface area contributed by atoms with Gasteiger partial charge in [0, 0.05) is 0 Å². The number of hydrogen-bond donors (Lipinski definition) is 2. The molecule has 7 nitrogen and oxygen atoms in total. The summed E-state index contributed by atoms with van der Waals surface area (Å²) in [4.78, 5) is 0.823. The lowest BCUT2D eigenvalue weighted by molar-refractivity contribution is 0.155. The molecule has 0 radical (unpaired) electrons. The number of fused-ring (bicyclic) bond motifs is 2. The minimum Gasteiger partial charge on any atom is -0.412 e. The Bertz CT molecular complexity index is 581. The number of benzene rings is 1. The summed E-state index contributed by atoms with van der Waals surface area (Å²) < 4.78 is 0. The average molecular weight is 176 g/mol. The molecule has 2 N–H and O–H groups in total. The molecule has 0 unspecified atom stereocenters. The second-order valence-corrected chi connectivity index (χ2v) is 2.64. The van der Waals surface area contributed by atoms with Gasteiger partial charge < -0.3 is 5.21 Å². The first-order chi connectivity index (χ1) is 6.34. The summed E-state index contributed by atoms with van der Waals surface area (Å²) in [5, 5.41) is 26.5. The predicted octanol–water partition coefficient (Wildman–Crippen LogP) is -0.0601. The van der Waals surface area contributed by atoms with Crippen LogP contribution in [0.4, 0.5) is 0 Å². The smallest absolute Gasteiger partial charge is 0.130 e. The highest BCUT2D eigenvalue weighted by atomic mass is 16.5. The van der Waals surface area contributed by atoms with Crippen molar-refractivity contribution in [2.75, 3.05) is 0 Å². The van der Waals surface area contributed by atoms with Crippen LogP contribution in [0.3, 0.4) is 0 Å². The molecule has 0 atom stereocenters. The lowest BCUT2D eigenvalue weighted by Crippen LogP contribution is -1.91. The van der Waals surface area contributed by atoms with Crippen molar-refractivity contribution in [1.82, 2.24) is 30.6 Å². The molecule has 0 amide bonds. The first kappa shape index (κ1) is 6.35. The monoisotopic (exact) mass is 176 g/mol. The largest absolute Gasteiger partial charge is 0.412 e. The highest BCUT2D eigenvalue weighted by Gasteiger charge is 2.06. The van der Waals surface area contributed by atoms with E-state index in [0.29, 0.717) is 22.1 Å². The summed E-state index contributed by atoms with van der Waals surface area (Å²) in [7, 11) is 0. The van der Waals surface area contributed by atoms with E-state index in [-0.39, 0.29) is 0 Å². The number of aromatic amines is 1. The summed E-state index contributed by atoms with van der Waals surface area (Å²) in [6, 6.07) is 3.36. The molecule has 0 saturated carbocycles. The molecule has 1 aromatic carbocycles. The fourth-order valence-corrected chi connectivity index (χ4v) is 1.25. The average Bonchev–Trinajstić information content (AvgIpc) is 2.70. The summed E-state index contributed by atoms with van der Waals surface area (Å²) in [5.74, 6) is 0. The van der Waals surface area contributed by atoms with Gasteiger partial charge in [-0.15, -0.1) is 15.0 Å². The number of nitrogens with zero attached hydrogens (tertiary/aromatic N) is 5. The van der Waals surface area contributed by atoms with Crippen molar-refractivity contribution in [1.29, 1.82) is 0 Å². The minimum atomic E-state index is 0.551. The highest BCUT2D eigenvalue weighted by Crippen LogP contribution is 2.16. The zero-order chi connectivity index (χ0) is 8.84. The third-order valence-electron chi connectivity index (χ3n) is 1.87. The Morgan fingerprint density at radius 1 is 1.15 bits per heavy atom. The van der Waals surface area contributed by atoms with Gasteiger partial charge in [0.1, 0.15) is 22.1 Å². The second-order valence-electron chi connectivity index (χ2n) is 2.64. The number of aromatic nitrogens is 6. The first-order valence-corrected chi connectivity index (χ1v) is 3.60. The number of hydrogen-bond acceptors (Lipinski definition) is 5. The third kappa shape index (κ3) is 0.723. The maximum atomic E-state index is 9.24. The zero-order valence-corrected chi connectivity index (χ0v) is 6.34. The maximum absolute atomic E-state index is 9.24. The predicted molar refractivity (Wildman–Crippen MR) is 42.2 cm³/mol. The number of rotatable bonds is 0. The van der Waals surface area contributed by atoms with Gasteiger partial charge in [0.25, 0.3) is 0 Å². The van der Waals surface area contributed by atoms with Crippen LogP contribution in [0, 0.1) is 0 Å². The van der Waals surface area contributed by atoms with Gasteiger partial charge in [-0.3, -0.25) is 0 Å². The van der Waals surface area contributed by atoms with Crippen molar-refractivity contribution in [3.05, 3.63) is 12.1 Å². The second kappa shape index (κ2) is 1.94. The summed E-state index contributed by atoms with van der Waals surface area (Å²) in [6.07, 6.45) is 0. The molecule has 0 fully saturated rings. The fourth-order valence-electron chi connectivity index (χ4n) is 1.25. The Hall–Kier alpha value is -2.18. The standard InChI is InChI=1S/C6H4N6O/c13-12-6-2-4-3(7-10-8-4)1-5(6)9-11-12/h1-2,11,13H. The van der Waals surface area contributed by atoms with Gasteiger partial charge in [-0.05, 0) is 17.3 Å². The van der Waals surface area contributed by atoms with Gasteiger partial charge in [-0.1, -0.05) is 0 Å². The van der Waals surface area contributed by atoms with Crippen LogP contribution in [0.5, 0.6) is 0 Å². The summed E-state index contributed by atoms with van der Waals surface area (Å²) >= 11 is 0. The third-order valence-corrected chi connectivity index (χ3v) is 1.87. The number of H-pyrrole nitrogens is 1. The molecule has 0 bridgehead atoms. The summed E-state index contributed by atoms with van der Waals surface area (Å²) in [5.41, 5.74) is 2.48. The lowest BCUT2D eigenvalue weighted by atomic mass is 10.3. The molecular weight excluding hydrogens is 172 g/mol. The van der Waals surface area contributed by atoms with E-state index in [1.54, 1.807) is 12.1 Å². The van der Waals surface area contributed by atoms with E-state index in [9.17, 15) is 5.21 Å². The van der Waals surface area contributed by atoms with Crippen LogP contribution in [0.1, 0.15) is 0 Å². The van der Waals surface area contributed by atoms with Crippen molar-refractivity contribution in [3.8, 4) is 0 Å². The van der Waals surface area contributed by atoms with Crippen molar-refractivity contribution >= 4 is 22.1 Å². The summed E-state index contributed by atoms with van der Waals surface area (Å²) in [6.45, 7) is 0. The van der Waals surface area contributed by atoms with Crippen LogP contribution in [0.2, 0.25) is 0 Å². The van der Waals surface area contributed by atoms with Crippen LogP contribution in [0.25, 0.3) is 22.1 Å². The highest BCUT2D eigenvalue weighted by molar-refractivity contribution is 5.90. The number of nitrogens with one attached hydrogen (secondary N) is 1. The van der Waals surface area contributed by atoms with E-state index in [2.05, 4.69) is 25.7 Å². The van der Waals surface area contributed by atoms with Crippen LogP contribution in [-0.2, 0) is 0 Å². The Labute approximate surface area is 70.9 Å². The molecule has 0 spiro atoms. The molecule has 0 aliphatic carbocycles. The molecule has 7 heteroatoms. The normalized spacial score (nSPS) is 11.4. The molecular formula is C6H4N6O. The van der Waals surface area contributed by atoms with Crippen LogP contribution in [0.15, 0.2) is 12.1 Å². The minimum absolute atomic E-state index is 0.551. The maximum Gasteiger partial charge on any atom is 0.130 e. The molecule has 3 rings (SSSR count). The topological polar surface area (TPSA) is 92.5 Å². The van der Waals surface area contributed by atoms with E-state index in [0.717, 1.165) is 4.85 Å². The van der Waals surface area contributed by atoms with E-state index < -0.39 is 0 Å². The van der Waals surface area contributed by atoms with E-state index >= 15 is 0 Å². The molecule has 2 heterocycles. The van der Waals surface area contributed by atoms with Crippen molar-refractivity contribution in [3.63, 3.8) is 0 Å². The lowest BCUT2D eigenvalue weighted by Gasteiger charge is -1.89. The van der Waals surface area contributed by atoms with E-state index in [1.807, 2.05) is 0 Å². The molecule has 0 aliphatic heterocycles. The molecule has 2 aromatic heterocycles.